The summed E-state index contributed by atoms with van der Waals surface area (Å²) in [7, 11) is -3.61. The van der Waals surface area contributed by atoms with Crippen LogP contribution in [0.15, 0.2) is 22.7 Å². The molecule has 22 heavy (non-hydrogen) atoms. The largest absolute Gasteiger partial charge is 0.352 e. The van der Waals surface area contributed by atoms with E-state index in [1.165, 1.54) is 0 Å². The SMILES string of the molecule is CS(=O)(=O)N(CC(=O)NC1CCCC1)c1ccc(Br)cc1Cl. The summed E-state index contributed by atoms with van der Waals surface area (Å²) in [5.41, 5.74) is 0.300. The van der Waals surface area contributed by atoms with Crippen LogP contribution in [0.1, 0.15) is 25.7 Å². The van der Waals surface area contributed by atoms with Crippen LogP contribution in [0.4, 0.5) is 5.69 Å². The highest BCUT2D eigenvalue weighted by Gasteiger charge is 2.25. The molecule has 0 saturated heterocycles. The van der Waals surface area contributed by atoms with Crippen LogP contribution in [0.5, 0.6) is 0 Å². The topological polar surface area (TPSA) is 66.5 Å². The van der Waals surface area contributed by atoms with Gasteiger partial charge in [-0.05, 0) is 31.0 Å². The van der Waals surface area contributed by atoms with E-state index >= 15 is 0 Å². The first kappa shape index (κ1) is 17.6. The standard InChI is InChI=1S/C14H18BrClN2O3S/c1-22(20,21)18(13-7-6-10(15)8-12(13)16)9-14(19)17-11-4-2-3-5-11/h6-8,11H,2-5,9H2,1H3,(H,17,19). The lowest BCUT2D eigenvalue weighted by Crippen LogP contribution is -2.43. The van der Waals surface area contributed by atoms with Crippen LogP contribution in [-0.4, -0.2) is 33.2 Å². The van der Waals surface area contributed by atoms with E-state index in [1.807, 2.05) is 0 Å². The molecule has 1 aromatic carbocycles. The maximum atomic E-state index is 12.1. The molecular weight excluding hydrogens is 392 g/mol. The van der Waals surface area contributed by atoms with Gasteiger partial charge in [-0.2, -0.15) is 0 Å². The second-order valence-electron chi connectivity index (χ2n) is 5.41. The highest BCUT2D eigenvalue weighted by molar-refractivity contribution is 9.10. The Morgan fingerprint density at radius 3 is 2.59 bits per heavy atom. The van der Waals surface area contributed by atoms with Gasteiger partial charge in [-0.15, -0.1) is 0 Å². The van der Waals surface area contributed by atoms with Crippen molar-refractivity contribution in [3.05, 3.63) is 27.7 Å². The normalized spacial score (nSPS) is 15.8. The van der Waals surface area contributed by atoms with Crippen molar-refractivity contribution in [1.29, 1.82) is 0 Å². The van der Waals surface area contributed by atoms with E-state index in [1.54, 1.807) is 18.2 Å². The zero-order chi connectivity index (χ0) is 16.3. The Kier molecular flexibility index (Phi) is 5.74. The van der Waals surface area contributed by atoms with Crippen LogP contribution < -0.4 is 9.62 Å². The molecule has 1 fully saturated rings. The summed E-state index contributed by atoms with van der Waals surface area (Å²) < 4.78 is 25.8. The van der Waals surface area contributed by atoms with Gasteiger partial charge in [-0.25, -0.2) is 8.42 Å². The summed E-state index contributed by atoms with van der Waals surface area (Å²) in [4.78, 5) is 12.1. The molecule has 0 unspecified atom stereocenters. The second-order valence-corrected chi connectivity index (χ2v) is 8.64. The number of carbonyl (C=O) groups is 1. The van der Waals surface area contributed by atoms with E-state index < -0.39 is 10.0 Å². The van der Waals surface area contributed by atoms with Gasteiger partial charge in [0, 0.05) is 10.5 Å². The van der Waals surface area contributed by atoms with Crippen molar-refractivity contribution in [3.63, 3.8) is 0 Å². The Balaban J connectivity index is 2.18. The number of rotatable bonds is 5. The molecule has 1 saturated carbocycles. The Morgan fingerprint density at radius 1 is 1.41 bits per heavy atom. The molecule has 1 amide bonds. The van der Waals surface area contributed by atoms with Gasteiger partial charge in [0.15, 0.2) is 0 Å². The van der Waals surface area contributed by atoms with Gasteiger partial charge in [0.2, 0.25) is 15.9 Å². The molecule has 1 aromatic rings. The first-order valence-corrected chi connectivity index (χ1v) is 10.0. The zero-order valence-electron chi connectivity index (χ0n) is 12.2. The second kappa shape index (κ2) is 7.19. The quantitative estimate of drug-likeness (QED) is 0.813. The third-order valence-electron chi connectivity index (χ3n) is 3.59. The third kappa shape index (κ3) is 4.60. The predicted octanol–water partition coefficient (Wildman–Crippen LogP) is 2.93. The van der Waals surface area contributed by atoms with Gasteiger partial charge in [0.1, 0.15) is 6.54 Å². The summed E-state index contributed by atoms with van der Waals surface area (Å²) in [5, 5.41) is 3.16. The monoisotopic (exact) mass is 408 g/mol. The molecule has 2 rings (SSSR count). The number of sulfonamides is 1. The molecule has 1 aliphatic rings. The van der Waals surface area contributed by atoms with E-state index in [4.69, 9.17) is 11.6 Å². The van der Waals surface area contributed by atoms with Crippen LogP contribution in [0.2, 0.25) is 5.02 Å². The van der Waals surface area contributed by atoms with Crippen LogP contribution in [0, 0.1) is 0 Å². The lowest BCUT2D eigenvalue weighted by molar-refractivity contribution is -0.120. The number of nitrogens with one attached hydrogen (secondary N) is 1. The summed E-state index contributed by atoms with van der Waals surface area (Å²) in [6, 6.07) is 5.02. The summed E-state index contributed by atoms with van der Waals surface area (Å²) >= 11 is 9.39. The van der Waals surface area contributed by atoms with Crippen molar-refractivity contribution in [3.8, 4) is 0 Å². The number of hydrogen-bond donors (Lipinski definition) is 1. The van der Waals surface area contributed by atoms with E-state index in [9.17, 15) is 13.2 Å². The van der Waals surface area contributed by atoms with Gasteiger partial charge >= 0.3 is 0 Å². The van der Waals surface area contributed by atoms with Gasteiger partial charge in [-0.3, -0.25) is 9.10 Å². The molecule has 8 heteroatoms. The van der Waals surface area contributed by atoms with Crippen LogP contribution >= 0.6 is 27.5 Å². The summed E-state index contributed by atoms with van der Waals surface area (Å²) in [6.45, 7) is -0.267. The first-order chi connectivity index (χ1) is 10.3. The average Bonchev–Trinajstić information content (AvgIpc) is 2.88. The minimum Gasteiger partial charge on any atom is -0.352 e. The van der Waals surface area contributed by atoms with E-state index in [0.29, 0.717) is 5.69 Å². The molecule has 0 atom stereocenters. The molecular formula is C14H18BrClN2O3S. The third-order valence-corrected chi connectivity index (χ3v) is 5.51. The fraction of sp³-hybridized carbons (Fsp3) is 0.500. The van der Waals surface area contributed by atoms with Crippen LogP contribution in [0.3, 0.4) is 0 Å². The Bertz CT molecular complexity index is 660. The molecule has 1 N–H and O–H groups in total. The Morgan fingerprint density at radius 2 is 2.05 bits per heavy atom. The molecule has 0 spiro atoms. The summed E-state index contributed by atoms with van der Waals surface area (Å²) in [6.07, 6.45) is 5.15. The smallest absolute Gasteiger partial charge is 0.240 e. The minimum absolute atomic E-state index is 0.147. The molecule has 0 aromatic heterocycles. The fourth-order valence-electron chi connectivity index (χ4n) is 2.54. The van der Waals surface area contributed by atoms with Crippen LogP contribution in [-0.2, 0) is 14.8 Å². The number of halogens is 2. The average molecular weight is 410 g/mol. The molecule has 122 valence electrons. The van der Waals surface area contributed by atoms with E-state index in [2.05, 4.69) is 21.2 Å². The maximum absolute atomic E-state index is 12.1. The number of hydrogen-bond acceptors (Lipinski definition) is 3. The zero-order valence-corrected chi connectivity index (χ0v) is 15.3. The Labute approximate surface area is 144 Å². The molecule has 5 nitrogen and oxygen atoms in total. The number of nitrogens with zero attached hydrogens (tertiary/aromatic N) is 1. The van der Waals surface area contributed by atoms with Crippen molar-refractivity contribution in [2.24, 2.45) is 0 Å². The van der Waals surface area contributed by atoms with Crippen molar-refractivity contribution in [2.45, 2.75) is 31.7 Å². The highest BCUT2D eigenvalue weighted by atomic mass is 79.9. The van der Waals surface area contributed by atoms with Crippen molar-refractivity contribution < 1.29 is 13.2 Å². The molecule has 1 aliphatic carbocycles. The van der Waals surface area contributed by atoms with Crippen molar-refractivity contribution in [1.82, 2.24) is 5.32 Å². The van der Waals surface area contributed by atoms with Gasteiger partial charge < -0.3 is 5.32 Å². The molecule has 0 radical (unpaired) electrons. The van der Waals surface area contributed by atoms with Gasteiger partial charge in [-0.1, -0.05) is 40.4 Å². The summed E-state index contributed by atoms with van der Waals surface area (Å²) in [5.74, 6) is -0.309. The minimum atomic E-state index is -3.61. The molecule has 0 aliphatic heterocycles. The van der Waals surface area contributed by atoms with Crippen molar-refractivity contribution >= 4 is 49.1 Å². The number of benzene rings is 1. The lowest BCUT2D eigenvalue weighted by atomic mass is 10.2. The lowest BCUT2D eigenvalue weighted by Gasteiger charge is -2.24. The van der Waals surface area contributed by atoms with E-state index in [0.717, 1.165) is 40.7 Å². The van der Waals surface area contributed by atoms with Crippen molar-refractivity contribution in [2.75, 3.05) is 17.1 Å². The fourth-order valence-corrected chi connectivity index (χ4v) is 4.23. The predicted molar refractivity (Wildman–Crippen MR) is 91.7 cm³/mol. The number of anilines is 1. The molecule has 0 heterocycles. The Hall–Kier alpha value is -0.790. The molecule has 0 bridgehead atoms. The van der Waals surface area contributed by atoms with Gasteiger partial charge in [0.05, 0.1) is 17.0 Å². The highest BCUT2D eigenvalue weighted by Crippen LogP contribution is 2.30. The van der Waals surface area contributed by atoms with Gasteiger partial charge in [0.25, 0.3) is 0 Å². The van der Waals surface area contributed by atoms with Crippen LogP contribution in [0.25, 0.3) is 0 Å². The first-order valence-electron chi connectivity index (χ1n) is 6.99. The maximum Gasteiger partial charge on any atom is 0.240 e. The number of amides is 1. The van der Waals surface area contributed by atoms with E-state index in [-0.39, 0.29) is 23.5 Å². The number of carbonyl (C=O) groups excluding carboxylic acids is 1.